The third kappa shape index (κ3) is 2.11. The molecule has 0 fully saturated rings. The molecule has 1 heterocycles. The fraction of sp³-hybridized carbons (Fsp3) is 0.500. The second-order valence-electron chi connectivity index (χ2n) is 4.40. The summed E-state index contributed by atoms with van der Waals surface area (Å²) >= 11 is 6.14. The standard InChI is InChI=1S/C12H17ClN2/c1-8-5-10-3-4-15(7-9(2)14)12(10)6-11(8)13/h5-6,9H,3-4,7,14H2,1-2H3. The van der Waals surface area contributed by atoms with Crippen LogP contribution < -0.4 is 10.6 Å². The second-order valence-corrected chi connectivity index (χ2v) is 4.81. The van der Waals surface area contributed by atoms with Crippen LogP contribution in [0.15, 0.2) is 12.1 Å². The summed E-state index contributed by atoms with van der Waals surface area (Å²) < 4.78 is 0. The molecule has 1 aromatic rings. The van der Waals surface area contributed by atoms with Gasteiger partial charge in [0.05, 0.1) is 0 Å². The van der Waals surface area contributed by atoms with Crippen molar-refractivity contribution >= 4 is 17.3 Å². The molecule has 0 saturated carbocycles. The largest absolute Gasteiger partial charge is 0.369 e. The summed E-state index contributed by atoms with van der Waals surface area (Å²) in [5.74, 6) is 0. The van der Waals surface area contributed by atoms with E-state index in [4.69, 9.17) is 17.3 Å². The summed E-state index contributed by atoms with van der Waals surface area (Å²) in [4.78, 5) is 2.32. The second kappa shape index (κ2) is 4.03. The van der Waals surface area contributed by atoms with E-state index in [0.29, 0.717) is 0 Å². The van der Waals surface area contributed by atoms with Gasteiger partial charge in [0.2, 0.25) is 0 Å². The van der Waals surface area contributed by atoms with E-state index < -0.39 is 0 Å². The lowest BCUT2D eigenvalue weighted by molar-refractivity contribution is 0.693. The Morgan fingerprint density at radius 3 is 2.93 bits per heavy atom. The molecule has 1 atom stereocenters. The monoisotopic (exact) mass is 224 g/mol. The summed E-state index contributed by atoms with van der Waals surface area (Å²) in [7, 11) is 0. The van der Waals surface area contributed by atoms with Crippen molar-refractivity contribution in [1.82, 2.24) is 0 Å². The van der Waals surface area contributed by atoms with E-state index in [1.165, 1.54) is 11.3 Å². The number of nitrogens with zero attached hydrogens (tertiary/aromatic N) is 1. The van der Waals surface area contributed by atoms with Crippen molar-refractivity contribution in [2.75, 3.05) is 18.0 Å². The molecule has 2 nitrogen and oxygen atoms in total. The average Bonchev–Trinajstić information content (AvgIpc) is 2.49. The Hall–Kier alpha value is -0.730. The number of hydrogen-bond donors (Lipinski definition) is 1. The maximum Gasteiger partial charge on any atom is 0.0455 e. The van der Waals surface area contributed by atoms with Crippen LogP contribution in [0.3, 0.4) is 0 Å². The number of halogens is 1. The van der Waals surface area contributed by atoms with Gasteiger partial charge in [0.25, 0.3) is 0 Å². The Labute approximate surface area is 96.0 Å². The van der Waals surface area contributed by atoms with Crippen LogP contribution in [0.1, 0.15) is 18.1 Å². The molecule has 3 heteroatoms. The molecule has 0 aromatic heterocycles. The minimum absolute atomic E-state index is 0.205. The Morgan fingerprint density at radius 2 is 2.27 bits per heavy atom. The van der Waals surface area contributed by atoms with Crippen LogP contribution in [0, 0.1) is 6.92 Å². The van der Waals surface area contributed by atoms with Crippen molar-refractivity contribution in [1.29, 1.82) is 0 Å². The van der Waals surface area contributed by atoms with Gasteiger partial charge < -0.3 is 10.6 Å². The highest BCUT2D eigenvalue weighted by Crippen LogP contribution is 2.32. The predicted octanol–water partition coefficient (Wildman–Crippen LogP) is 2.36. The lowest BCUT2D eigenvalue weighted by Crippen LogP contribution is -2.34. The van der Waals surface area contributed by atoms with E-state index in [0.717, 1.165) is 30.1 Å². The van der Waals surface area contributed by atoms with Crippen molar-refractivity contribution in [2.45, 2.75) is 26.3 Å². The zero-order valence-corrected chi connectivity index (χ0v) is 10.0. The van der Waals surface area contributed by atoms with Crippen LogP contribution in [-0.2, 0) is 6.42 Å². The normalized spacial score (nSPS) is 16.7. The summed E-state index contributed by atoms with van der Waals surface area (Å²) in [5, 5.41) is 0.852. The van der Waals surface area contributed by atoms with Gasteiger partial charge in [-0.25, -0.2) is 0 Å². The van der Waals surface area contributed by atoms with Crippen molar-refractivity contribution in [3.8, 4) is 0 Å². The molecule has 0 amide bonds. The van der Waals surface area contributed by atoms with Gasteiger partial charge in [-0.2, -0.15) is 0 Å². The molecule has 1 aliphatic heterocycles. The first-order valence-electron chi connectivity index (χ1n) is 5.37. The van der Waals surface area contributed by atoms with Crippen LogP contribution >= 0.6 is 11.6 Å². The van der Waals surface area contributed by atoms with E-state index in [1.54, 1.807) is 0 Å². The highest BCUT2D eigenvalue weighted by molar-refractivity contribution is 6.31. The number of anilines is 1. The Balaban J connectivity index is 2.30. The number of nitrogens with two attached hydrogens (primary N) is 1. The van der Waals surface area contributed by atoms with Crippen LogP contribution in [0.2, 0.25) is 5.02 Å². The highest BCUT2D eigenvalue weighted by atomic mass is 35.5. The molecule has 0 bridgehead atoms. The summed E-state index contributed by atoms with van der Waals surface area (Å²) in [6.07, 6.45) is 1.11. The van der Waals surface area contributed by atoms with Crippen molar-refractivity contribution in [2.24, 2.45) is 5.73 Å². The summed E-state index contributed by atoms with van der Waals surface area (Å²) in [6.45, 7) is 6.06. The molecule has 2 N–H and O–H groups in total. The van der Waals surface area contributed by atoms with Gasteiger partial charge in [-0.05, 0) is 37.5 Å². The average molecular weight is 225 g/mol. The lowest BCUT2D eigenvalue weighted by atomic mass is 10.1. The molecule has 15 heavy (non-hydrogen) atoms. The molecule has 0 saturated heterocycles. The third-order valence-corrected chi connectivity index (χ3v) is 3.27. The molecule has 0 aliphatic carbocycles. The maximum absolute atomic E-state index is 6.14. The zero-order chi connectivity index (χ0) is 11.0. The van der Waals surface area contributed by atoms with E-state index in [2.05, 4.69) is 24.0 Å². The van der Waals surface area contributed by atoms with Crippen molar-refractivity contribution < 1.29 is 0 Å². The lowest BCUT2D eigenvalue weighted by Gasteiger charge is -2.21. The van der Waals surface area contributed by atoms with E-state index in [1.807, 2.05) is 6.92 Å². The molecule has 0 radical (unpaired) electrons. The first kappa shape index (κ1) is 10.8. The highest BCUT2D eigenvalue weighted by Gasteiger charge is 2.20. The van der Waals surface area contributed by atoms with Crippen LogP contribution in [0.4, 0.5) is 5.69 Å². The number of aryl methyl sites for hydroxylation is 1. The SMILES string of the molecule is Cc1cc2c(cc1Cl)N(CC(C)N)CC2. The molecule has 1 aromatic carbocycles. The summed E-state index contributed by atoms with van der Waals surface area (Å²) in [5.41, 5.74) is 9.65. The number of rotatable bonds is 2. The van der Waals surface area contributed by atoms with Gasteiger partial charge in [0, 0.05) is 29.8 Å². The summed E-state index contributed by atoms with van der Waals surface area (Å²) in [6, 6.07) is 4.47. The molecular weight excluding hydrogens is 208 g/mol. The fourth-order valence-electron chi connectivity index (χ4n) is 2.14. The van der Waals surface area contributed by atoms with Gasteiger partial charge in [0.15, 0.2) is 0 Å². The van der Waals surface area contributed by atoms with Gasteiger partial charge >= 0.3 is 0 Å². The predicted molar refractivity (Wildman–Crippen MR) is 65.8 cm³/mol. The number of fused-ring (bicyclic) bond motifs is 1. The van der Waals surface area contributed by atoms with Crippen LogP contribution in [0.5, 0.6) is 0 Å². The Bertz CT molecular complexity index is 374. The van der Waals surface area contributed by atoms with E-state index in [-0.39, 0.29) is 6.04 Å². The molecule has 1 unspecified atom stereocenters. The smallest absolute Gasteiger partial charge is 0.0455 e. The zero-order valence-electron chi connectivity index (χ0n) is 9.26. The van der Waals surface area contributed by atoms with Crippen LogP contribution in [-0.4, -0.2) is 19.1 Å². The molecule has 2 rings (SSSR count). The maximum atomic E-state index is 6.14. The fourth-order valence-corrected chi connectivity index (χ4v) is 2.30. The minimum atomic E-state index is 0.205. The van der Waals surface area contributed by atoms with E-state index >= 15 is 0 Å². The van der Waals surface area contributed by atoms with Crippen LogP contribution in [0.25, 0.3) is 0 Å². The topological polar surface area (TPSA) is 29.3 Å². The molecule has 0 spiro atoms. The van der Waals surface area contributed by atoms with Gasteiger partial charge in [-0.1, -0.05) is 17.7 Å². The molecule has 1 aliphatic rings. The number of benzene rings is 1. The van der Waals surface area contributed by atoms with Crippen molar-refractivity contribution in [3.63, 3.8) is 0 Å². The molecular formula is C12H17ClN2. The Kier molecular flexibility index (Phi) is 2.89. The quantitative estimate of drug-likeness (QED) is 0.836. The van der Waals surface area contributed by atoms with Gasteiger partial charge in [0.1, 0.15) is 0 Å². The third-order valence-electron chi connectivity index (χ3n) is 2.86. The first-order chi connectivity index (χ1) is 7.08. The minimum Gasteiger partial charge on any atom is -0.369 e. The van der Waals surface area contributed by atoms with E-state index in [9.17, 15) is 0 Å². The Morgan fingerprint density at radius 1 is 1.53 bits per heavy atom. The van der Waals surface area contributed by atoms with Gasteiger partial charge in [-0.3, -0.25) is 0 Å². The first-order valence-corrected chi connectivity index (χ1v) is 5.75. The van der Waals surface area contributed by atoms with Gasteiger partial charge in [-0.15, -0.1) is 0 Å². The van der Waals surface area contributed by atoms with Crippen molar-refractivity contribution in [3.05, 3.63) is 28.3 Å². The number of hydrogen-bond acceptors (Lipinski definition) is 2. The molecule has 82 valence electrons.